The molecule has 0 radical (unpaired) electrons. The van der Waals surface area contributed by atoms with E-state index >= 15 is 0 Å². The molecule has 0 aromatic heterocycles. The average Bonchev–Trinajstić information content (AvgIpc) is 2.31. The minimum Gasteiger partial charge on any atom is -0.382 e. The van der Waals surface area contributed by atoms with Gasteiger partial charge in [-0.1, -0.05) is 0 Å². The van der Waals surface area contributed by atoms with Gasteiger partial charge in [-0.05, 0) is 6.42 Å². The maximum atomic E-state index is 10.9. The fourth-order valence-electron chi connectivity index (χ4n) is 1.57. The van der Waals surface area contributed by atoms with Crippen molar-refractivity contribution in [1.82, 2.24) is 0 Å². The quantitative estimate of drug-likeness (QED) is 0.425. The van der Waals surface area contributed by atoms with Crippen molar-refractivity contribution in [3.63, 3.8) is 0 Å². The summed E-state index contributed by atoms with van der Waals surface area (Å²) in [5.41, 5.74) is 0. The van der Waals surface area contributed by atoms with Gasteiger partial charge in [0.1, 0.15) is 21.9 Å². The Morgan fingerprint density at radius 1 is 1.69 bits per heavy atom. The summed E-state index contributed by atoms with van der Waals surface area (Å²) in [4.78, 5) is 0. The van der Waals surface area contributed by atoms with Crippen LogP contribution in [0, 0.1) is 0 Å². The number of hydrogen-bond donors (Lipinski definition) is 0. The lowest BCUT2D eigenvalue weighted by molar-refractivity contribution is -0.00810. The maximum absolute atomic E-state index is 10.9. The SMILES string of the molecule is B[C@H]1C[C@@H](O[PH](B)=O)C(COC)O1. The highest BCUT2D eigenvalue weighted by Crippen LogP contribution is 2.29. The van der Waals surface area contributed by atoms with E-state index in [1.165, 1.54) is 0 Å². The van der Waals surface area contributed by atoms with E-state index in [4.69, 9.17) is 14.0 Å². The topological polar surface area (TPSA) is 44.8 Å². The monoisotopic (exact) mass is 204 g/mol. The lowest BCUT2D eigenvalue weighted by Gasteiger charge is -2.16. The molecule has 0 N–H and O–H groups in total. The minimum absolute atomic E-state index is 0.0612. The van der Waals surface area contributed by atoms with E-state index in [0.29, 0.717) is 6.61 Å². The van der Waals surface area contributed by atoms with Crippen LogP contribution in [0.15, 0.2) is 0 Å². The zero-order valence-corrected chi connectivity index (χ0v) is 9.28. The van der Waals surface area contributed by atoms with Gasteiger partial charge in [0, 0.05) is 13.1 Å². The molecule has 4 nitrogen and oxygen atoms in total. The molecule has 0 saturated carbocycles. The summed E-state index contributed by atoms with van der Waals surface area (Å²) in [6.45, 7) is 0.504. The van der Waals surface area contributed by atoms with Gasteiger partial charge >= 0.3 is 0 Å². The molecule has 1 aliphatic heterocycles. The summed E-state index contributed by atoms with van der Waals surface area (Å²) in [7, 11) is 3.33. The Morgan fingerprint density at radius 2 is 2.38 bits per heavy atom. The Bertz CT molecular complexity index is 191. The Labute approximate surface area is 81.0 Å². The fourth-order valence-corrected chi connectivity index (χ4v) is 2.24. The molecule has 7 heteroatoms. The summed E-state index contributed by atoms with van der Waals surface area (Å²) in [6.07, 6.45) is 0.679. The van der Waals surface area contributed by atoms with Gasteiger partial charge in [0.05, 0.1) is 12.7 Å². The highest BCUT2D eigenvalue weighted by molar-refractivity contribution is 7.67. The number of methoxy groups -OCH3 is 1. The van der Waals surface area contributed by atoms with Crippen LogP contribution in [0.5, 0.6) is 0 Å². The molecular weight excluding hydrogens is 189 g/mol. The maximum Gasteiger partial charge on any atom is 0.212 e. The Balaban J connectivity index is 2.45. The van der Waals surface area contributed by atoms with Crippen LogP contribution in [0.25, 0.3) is 0 Å². The highest BCUT2D eigenvalue weighted by atomic mass is 31.1. The van der Waals surface area contributed by atoms with Crippen LogP contribution in [0.1, 0.15) is 6.42 Å². The second-order valence-corrected chi connectivity index (χ2v) is 4.54. The first-order chi connectivity index (χ1) is 6.13. The predicted octanol–water partition coefficient (Wildman–Crippen LogP) is -1.21. The summed E-state index contributed by atoms with van der Waals surface area (Å²) in [5.74, 6) is 0. The highest BCUT2D eigenvalue weighted by Gasteiger charge is 2.33. The number of hydrogen-bond acceptors (Lipinski definition) is 4. The summed E-state index contributed by atoms with van der Waals surface area (Å²) >= 11 is 0. The van der Waals surface area contributed by atoms with Crippen molar-refractivity contribution < 1.29 is 18.6 Å². The molecule has 0 aromatic carbocycles. The van der Waals surface area contributed by atoms with Crippen LogP contribution in [0.3, 0.4) is 0 Å². The first-order valence-electron chi connectivity index (χ1n) is 4.45. The van der Waals surface area contributed by atoms with Crippen LogP contribution in [-0.2, 0) is 18.6 Å². The molecular formula is C6H15B2O4P. The molecule has 0 aromatic rings. The Morgan fingerprint density at radius 3 is 2.92 bits per heavy atom. The van der Waals surface area contributed by atoms with Gasteiger partial charge in [-0.25, -0.2) is 0 Å². The van der Waals surface area contributed by atoms with Crippen molar-refractivity contribution in [2.75, 3.05) is 13.7 Å². The zero-order chi connectivity index (χ0) is 9.84. The van der Waals surface area contributed by atoms with Gasteiger partial charge < -0.3 is 18.6 Å². The smallest absolute Gasteiger partial charge is 0.212 e. The predicted molar refractivity (Wildman–Crippen MR) is 56.1 cm³/mol. The molecule has 0 amide bonds. The fraction of sp³-hybridized carbons (Fsp3) is 1.00. The first-order valence-corrected chi connectivity index (χ1v) is 6.26. The second-order valence-electron chi connectivity index (χ2n) is 3.32. The minimum atomic E-state index is -1.88. The van der Waals surface area contributed by atoms with Gasteiger partial charge in [0.2, 0.25) is 7.57 Å². The third-order valence-corrected chi connectivity index (χ3v) is 2.67. The van der Waals surface area contributed by atoms with Crippen molar-refractivity contribution >= 4 is 23.3 Å². The van der Waals surface area contributed by atoms with Gasteiger partial charge in [-0.2, -0.15) is 0 Å². The Hall–Kier alpha value is 0.240. The van der Waals surface area contributed by atoms with Crippen LogP contribution in [0.4, 0.5) is 0 Å². The number of ether oxygens (including phenoxy) is 2. The van der Waals surface area contributed by atoms with E-state index < -0.39 is 7.91 Å². The molecule has 13 heavy (non-hydrogen) atoms. The van der Waals surface area contributed by atoms with Crippen LogP contribution in [0.2, 0.25) is 0 Å². The molecule has 74 valence electrons. The van der Waals surface area contributed by atoms with Crippen LogP contribution in [-0.4, -0.2) is 47.3 Å². The van der Waals surface area contributed by atoms with Crippen molar-refractivity contribution in [3.05, 3.63) is 0 Å². The van der Waals surface area contributed by atoms with E-state index in [1.54, 1.807) is 14.7 Å². The molecule has 2 unspecified atom stereocenters. The average molecular weight is 204 g/mol. The van der Waals surface area contributed by atoms with Gasteiger partial charge in [0.25, 0.3) is 0 Å². The van der Waals surface area contributed by atoms with Crippen LogP contribution < -0.4 is 0 Å². The largest absolute Gasteiger partial charge is 0.382 e. The van der Waals surface area contributed by atoms with Gasteiger partial charge in [-0.3, -0.25) is 0 Å². The Kier molecular flexibility index (Phi) is 4.53. The third kappa shape index (κ3) is 3.47. The molecule has 0 bridgehead atoms. The molecule has 1 fully saturated rings. The summed E-state index contributed by atoms with van der Waals surface area (Å²) in [5, 5.41) is 0. The van der Waals surface area contributed by atoms with Crippen molar-refractivity contribution in [2.45, 2.75) is 24.6 Å². The van der Waals surface area contributed by atoms with Crippen LogP contribution >= 0.6 is 7.91 Å². The molecule has 1 saturated heterocycles. The van der Waals surface area contributed by atoms with E-state index in [2.05, 4.69) is 0 Å². The van der Waals surface area contributed by atoms with Crippen molar-refractivity contribution in [1.29, 1.82) is 0 Å². The van der Waals surface area contributed by atoms with Gasteiger partial charge in [0.15, 0.2) is 0 Å². The molecule has 0 spiro atoms. The third-order valence-electron chi connectivity index (χ3n) is 2.03. The van der Waals surface area contributed by atoms with Crippen molar-refractivity contribution in [2.24, 2.45) is 0 Å². The molecule has 1 aliphatic rings. The molecule has 4 atom stereocenters. The van der Waals surface area contributed by atoms with E-state index in [1.807, 2.05) is 7.85 Å². The number of rotatable bonds is 4. The second kappa shape index (κ2) is 5.20. The van der Waals surface area contributed by atoms with Crippen molar-refractivity contribution in [3.8, 4) is 0 Å². The zero-order valence-electron chi connectivity index (χ0n) is 8.28. The molecule has 0 aliphatic carbocycles. The van der Waals surface area contributed by atoms with E-state index in [-0.39, 0.29) is 18.2 Å². The lowest BCUT2D eigenvalue weighted by Crippen LogP contribution is -2.27. The molecule has 1 rings (SSSR count). The summed E-state index contributed by atoms with van der Waals surface area (Å²) < 4.78 is 26.7. The summed E-state index contributed by atoms with van der Waals surface area (Å²) in [6, 6.07) is 0.173. The van der Waals surface area contributed by atoms with E-state index in [9.17, 15) is 4.57 Å². The normalized spacial score (nSPS) is 36.2. The van der Waals surface area contributed by atoms with E-state index in [0.717, 1.165) is 6.42 Å². The standard InChI is InChI=1S/C6H15B2O4P/c1-10-3-5-4(12-13(8)9)2-6(7)11-5/h4-6,13H,2-3,7-8H2,1H3/t4-,5?,6-/m1/s1. The molecule has 1 heterocycles. The van der Waals surface area contributed by atoms with Gasteiger partial charge in [-0.15, -0.1) is 0 Å². The first kappa shape index (κ1) is 11.3. The lowest BCUT2D eigenvalue weighted by atomic mass is 9.96.